The monoisotopic (exact) mass is 441 g/mol. The molecule has 0 aliphatic heterocycles. The van der Waals surface area contributed by atoms with Gasteiger partial charge in [-0.3, -0.25) is 4.79 Å². The van der Waals surface area contributed by atoms with Crippen molar-refractivity contribution in [3.63, 3.8) is 0 Å². The summed E-state index contributed by atoms with van der Waals surface area (Å²) in [4.78, 5) is 12.3. The van der Waals surface area contributed by atoms with Crippen molar-refractivity contribution in [1.82, 2.24) is 5.32 Å². The lowest BCUT2D eigenvalue weighted by molar-refractivity contribution is 0.0870. The van der Waals surface area contributed by atoms with Gasteiger partial charge < -0.3 is 5.32 Å². The number of carbonyl (C=O) groups excluding carboxylic acids is 1. The summed E-state index contributed by atoms with van der Waals surface area (Å²) in [6.45, 7) is 2.27. The van der Waals surface area contributed by atoms with E-state index in [-0.39, 0.29) is 11.4 Å². The Morgan fingerprint density at radius 1 is 1.72 bits per heavy atom. The Kier molecular flexibility index (Phi) is 5.11. The van der Waals surface area contributed by atoms with Crippen LogP contribution in [0.2, 0.25) is 0 Å². The molecule has 2 atom stereocenters. The number of amides is 1. The third-order valence-electron chi connectivity index (χ3n) is 3.56. The SMILES string of the molecule is CC1CCCC(CBr)(NC(=O)c2csc(I)c2)C1. The molecule has 1 aromatic heterocycles. The van der Waals surface area contributed by atoms with Crippen LogP contribution in [0.4, 0.5) is 0 Å². The number of alkyl halides is 1. The average Bonchev–Trinajstić information content (AvgIpc) is 2.76. The van der Waals surface area contributed by atoms with E-state index in [0.29, 0.717) is 5.92 Å². The molecule has 1 aromatic rings. The number of hydrogen-bond donors (Lipinski definition) is 1. The minimum atomic E-state index is -0.0534. The predicted molar refractivity (Wildman–Crippen MR) is 88.7 cm³/mol. The number of hydrogen-bond acceptors (Lipinski definition) is 2. The summed E-state index contributed by atoms with van der Waals surface area (Å²) in [6, 6.07) is 1.95. The molecule has 1 amide bonds. The molecule has 1 fully saturated rings. The summed E-state index contributed by atoms with van der Waals surface area (Å²) in [6.07, 6.45) is 4.63. The molecule has 2 nitrogen and oxygen atoms in total. The van der Waals surface area contributed by atoms with E-state index in [0.717, 1.165) is 26.6 Å². The van der Waals surface area contributed by atoms with E-state index in [1.807, 2.05) is 11.4 Å². The number of halogens is 2. The average molecular weight is 442 g/mol. The van der Waals surface area contributed by atoms with E-state index in [1.54, 1.807) is 11.3 Å². The topological polar surface area (TPSA) is 29.1 Å². The Bertz CT molecular complexity index is 436. The Hall–Kier alpha value is 0.380. The van der Waals surface area contributed by atoms with Crippen LogP contribution in [0.5, 0.6) is 0 Å². The largest absolute Gasteiger partial charge is 0.346 e. The zero-order valence-electron chi connectivity index (χ0n) is 10.3. The molecule has 0 aromatic carbocycles. The van der Waals surface area contributed by atoms with Crippen molar-refractivity contribution in [3.8, 4) is 0 Å². The van der Waals surface area contributed by atoms with Crippen molar-refractivity contribution in [2.75, 3.05) is 5.33 Å². The molecule has 0 saturated heterocycles. The first-order valence-corrected chi connectivity index (χ1v) is 9.25. The lowest BCUT2D eigenvalue weighted by Crippen LogP contribution is -2.52. The molecule has 0 radical (unpaired) electrons. The first kappa shape index (κ1) is 14.8. The predicted octanol–water partition coefficient (Wildman–Crippen LogP) is 4.43. The molecule has 100 valence electrons. The number of carbonyl (C=O) groups is 1. The van der Waals surface area contributed by atoms with Crippen molar-refractivity contribution >= 4 is 55.8 Å². The van der Waals surface area contributed by atoms with Crippen molar-refractivity contribution in [3.05, 3.63) is 19.9 Å². The van der Waals surface area contributed by atoms with Crippen LogP contribution >= 0.6 is 49.9 Å². The summed E-state index contributed by atoms with van der Waals surface area (Å²) in [5.41, 5.74) is 0.741. The van der Waals surface area contributed by atoms with Gasteiger partial charge in [0.2, 0.25) is 0 Å². The van der Waals surface area contributed by atoms with Crippen LogP contribution in [-0.4, -0.2) is 16.8 Å². The van der Waals surface area contributed by atoms with Crippen LogP contribution < -0.4 is 5.32 Å². The van der Waals surface area contributed by atoms with Crippen LogP contribution in [0.3, 0.4) is 0 Å². The maximum Gasteiger partial charge on any atom is 0.252 e. The van der Waals surface area contributed by atoms with Gasteiger partial charge in [0, 0.05) is 10.7 Å². The van der Waals surface area contributed by atoms with E-state index < -0.39 is 0 Å². The van der Waals surface area contributed by atoms with Gasteiger partial charge in [0.15, 0.2) is 0 Å². The molecule has 1 aliphatic rings. The molecule has 1 N–H and O–H groups in total. The van der Waals surface area contributed by atoms with Crippen molar-refractivity contribution in [2.24, 2.45) is 5.92 Å². The van der Waals surface area contributed by atoms with Crippen molar-refractivity contribution in [1.29, 1.82) is 0 Å². The zero-order chi connectivity index (χ0) is 13.2. The minimum absolute atomic E-state index is 0.0534. The van der Waals surface area contributed by atoms with Gasteiger partial charge in [-0.1, -0.05) is 35.7 Å². The van der Waals surface area contributed by atoms with E-state index in [9.17, 15) is 4.79 Å². The van der Waals surface area contributed by atoms with Crippen LogP contribution in [-0.2, 0) is 0 Å². The third kappa shape index (κ3) is 3.48. The summed E-state index contributed by atoms with van der Waals surface area (Å²) >= 11 is 7.45. The van der Waals surface area contributed by atoms with E-state index in [4.69, 9.17) is 0 Å². The van der Waals surface area contributed by atoms with Gasteiger partial charge in [0.05, 0.1) is 14.0 Å². The first-order valence-electron chi connectivity index (χ1n) is 6.17. The van der Waals surface area contributed by atoms with Crippen LogP contribution in [0.15, 0.2) is 11.4 Å². The highest BCUT2D eigenvalue weighted by Crippen LogP contribution is 2.34. The number of rotatable bonds is 3. The smallest absolute Gasteiger partial charge is 0.252 e. The Labute approximate surface area is 134 Å². The summed E-state index contributed by atoms with van der Waals surface area (Å²) in [5.74, 6) is 0.766. The first-order chi connectivity index (χ1) is 8.54. The Balaban J connectivity index is 2.08. The Morgan fingerprint density at radius 2 is 2.50 bits per heavy atom. The lowest BCUT2D eigenvalue weighted by Gasteiger charge is -2.39. The molecule has 5 heteroatoms. The molecule has 2 unspecified atom stereocenters. The van der Waals surface area contributed by atoms with Crippen LogP contribution in [0, 0.1) is 8.80 Å². The molecule has 0 bridgehead atoms. The van der Waals surface area contributed by atoms with Crippen molar-refractivity contribution in [2.45, 2.75) is 38.1 Å². The van der Waals surface area contributed by atoms with Gasteiger partial charge in [-0.05, 0) is 47.4 Å². The second kappa shape index (κ2) is 6.22. The highest BCUT2D eigenvalue weighted by Gasteiger charge is 2.35. The van der Waals surface area contributed by atoms with Gasteiger partial charge in [-0.2, -0.15) is 0 Å². The zero-order valence-corrected chi connectivity index (χ0v) is 14.9. The van der Waals surface area contributed by atoms with Gasteiger partial charge in [0.25, 0.3) is 5.91 Å². The maximum atomic E-state index is 12.3. The summed E-state index contributed by atoms with van der Waals surface area (Å²) in [5, 5.41) is 6.04. The van der Waals surface area contributed by atoms with E-state index >= 15 is 0 Å². The molecule has 1 saturated carbocycles. The fraction of sp³-hybridized carbons (Fsp3) is 0.615. The second-order valence-electron chi connectivity index (χ2n) is 5.21. The molecule has 2 rings (SSSR count). The minimum Gasteiger partial charge on any atom is -0.346 e. The van der Waals surface area contributed by atoms with E-state index in [1.165, 1.54) is 12.8 Å². The molecule has 18 heavy (non-hydrogen) atoms. The van der Waals surface area contributed by atoms with Gasteiger partial charge in [-0.15, -0.1) is 11.3 Å². The second-order valence-corrected chi connectivity index (χ2v) is 8.58. The lowest BCUT2D eigenvalue weighted by atomic mass is 9.77. The number of thiophene rings is 1. The van der Waals surface area contributed by atoms with E-state index in [2.05, 4.69) is 50.8 Å². The standard InChI is InChI=1S/C13H17BrINOS/c1-9-3-2-4-13(6-9,8-14)16-12(17)10-5-11(15)18-7-10/h5,7,9H,2-4,6,8H2,1H3,(H,16,17). The molecular weight excluding hydrogens is 425 g/mol. The van der Waals surface area contributed by atoms with Gasteiger partial charge >= 0.3 is 0 Å². The van der Waals surface area contributed by atoms with Crippen molar-refractivity contribution < 1.29 is 4.79 Å². The van der Waals surface area contributed by atoms with Gasteiger partial charge in [-0.25, -0.2) is 0 Å². The molecular formula is C13H17BrINOS. The Morgan fingerprint density at radius 3 is 3.06 bits per heavy atom. The fourth-order valence-electron chi connectivity index (χ4n) is 2.67. The van der Waals surface area contributed by atoms with Crippen LogP contribution in [0.25, 0.3) is 0 Å². The quantitative estimate of drug-likeness (QED) is 0.545. The maximum absolute atomic E-state index is 12.3. The normalized spacial score (nSPS) is 28.1. The highest BCUT2D eigenvalue weighted by molar-refractivity contribution is 14.1. The molecule has 1 heterocycles. The molecule has 1 aliphatic carbocycles. The van der Waals surface area contributed by atoms with Gasteiger partial charge in [0.1, 0.15) is 0 Å². The fourth-order valence-corrected chi connectivity index (χ4v) is 4.65. The molecule has 0 spiro atoms. The van der Waals surface area contributed by atoms with Crippen LogP contribution in [0.1, 0.15) is 43.0 Å². The summed E-state index contributed by atoms with van der Waals surface area (Å²) in [7, 11) is 0. The highest BCUT2D eigenvalue weighted by atomic mass is 127. The third-order valence-corrected chi connectivity index (χ3v) is 6.42. The number of nitrogens with one attached hydrogen (secondary N) is 1. The summed E-state index contributed by atoms with van der Waals surface area (Å²) < 4.78 is 1.16.